The van der Waals surface area contributed by atoms with E-state index in [4.69, 9.17) is 0 Å². The molecule has 2 rings (SSSR count). The molecule has 0 atom stereocenters. The summed E-state index contributed by atoms with van der Waals surface area (Å²) in [4.78, 5) is 0. The molecular formula is C16H18Y2-2. The molecule has 90 valence electrons. The molecule has 0 aliphatic rings. The second-order valence-electron chi connectivity index (χ2n) is 3.99. The first-order chi connectivity index (χ1) is 7.59. The summed E-state index contributed by atoms with van der Waals surface area (Å²) in [6.07, 6.45) is 0. The topological polar surface area (TPSA) is 0 Å². The Bertz CT molecular complexity index is 412. The van der Waals surface area contributed by atoms with Crippen molar-refractivity contribution in [3.8, 4) is 0 Å². The molecule has 0 aliphatic heterocycles. The van der Waals surface area contributed by atoms with Gasteiger partial charge < -0.3 is 0 Å². The van der Waals surface area contributed by atoms with Gasteiger partial charge in [-0.05, 0) is 0 Å². The van der Waals surface area contributed by atoms with Crippen molar-refractivity contribution < 1.29 is 65.4 Å². The van der Waals surface area contributed by atoms with Crippen LogP contribution in [0.15, 0.2) is 36.4 Å². The molecule has 18 heavy (non-hydrogen) atoms. The van der Waals surface area contributed by atoms with E-state index < -0.39 is 0 Å². The normalized spacial score (nSPS) is 8.22. The summed E-state index contributed by atoms with van der Waals surface area (Å²) in [6.45, 7) is 8.25. The molecule has 0 saturated heterocycles. The van der Waals surface area contributed by atoms with Gasteiger partial charge in [0, 0.05) is 65.4 Å². The molecular weight excluding hydrogens is 370 g/mol. The Hall–Kier alpha value is 0.648. The van der Waals surface area contributed by atoms with Crippen molar-refractivity contribution in [1.82, 2.24) is 0 Å². The van der Waals surface area contributed by atoms with Crippen molar-refractivity contribution in [2.75, 3.05) is 0 Å². The predicted molar refractivity (Wildman–Crippen MR) is 69.5 cm³/mol. The van der Waals surface area contributed by atoms with Crippen LogP contribution in [0.3, 0.4) is 0 Å². The molecule has 0 saturated carbocycles. The molecule has 0 fully saturated rings. The summed E-state index contributed by atoms with van der Waals surface area (Å²) in [5, 5.41) is 0. The van der Waals surface area contributed by atoms with Crippen molar-refractivity contribution in [2.24, 2.45) is 0 Å². The largest absolute Gasteiger partial charge is 0.180 e. The summed E-state index contributed by atoms with van der Waals surface area (Å²) in [6, 6.07) is 18.4. The van der Waals surface area contributed by atoms with Crippen LogP contribution in [0, 0.1) is 39.8 Å². The fraction of sp³-hybridized carbons (Fsp3) is 0.250. The zero-order chi connectivity index (χ0) is 12.0. The maximum Gasteiger partial charge on any atom is 0 e. The number of hydrogen-bond donors (Lipinski definition) is 0. The van der Waals surface area contributed by atoms with Gasteiger partial charge in [-0.15, -0.1) is 0 Å². The van der Waals surface area contributed by atoms with Crippen LogP contribution in [-0.4, -0.2) is 0 Å². The van der Waals surface area contributed by atoms with Gasteiger partial charge in [0.2, 0.25) is 0 Å². The number of aryl methyl sites for hydroxylation is 4. The van der Waals surface area contributed by atoms with E-state index in [0.29, 0.717) is 0 Å². The van der Waals surface area contributed by atoms with Gasteiger partial charge >= 0.3 is 0 Å². The van der Waals surface area contributed by atoms with Gasteiger partial charge in [0.05, 0.1) is 0 Å². The average Bonchev–Trinajstić information content (AvgIpc) is 2.23. The van der Waals surface area contributed by atoms with Crippen molar-refractivity contribution in [3.05, 3.63) is 70.8 Å². The van der Waals surface area contributed by atoms with Crippen LogP contribution >= 0.6 is 0 Å². The molecule has 0 unspecified atom stereocenters. The van der Waals surface area contributed by atoms with Crippen molar-refractivity contribution in [2.45, 2.75) is 27.7 Å². The van der Waals surface area contributed by atoms with E-state index in [1.54, 1.807) is 0 Å². The van der Waals surface area contributed by atoms with Gasteiger partial charge in [-0.25, -0.2) is 0 Å². The third-order valence-corrected chi connectivity index (χ3v) is 2.42. The maximum atomic E-state index is 3.17. The third-order valence-electron chi connectivity index (χ3n) is 2.42. The SMILES string of the molecule is Cc1[c-]c(C)ccc1.Cc1[c-]cccc1C.[Y].[Y]. The van der Waals surface area contributed by atoms with E-state index in [1.165, 1.54) is 22.3 Å². The monoisotopic (exact) mass is 388 g/mol. The van der Waals surface area contributed by atoms with Crippen molar-refractivity contribution in [3.63, 3.8) is 0 Å². The van der Waals surface area contributed by atoms with E-state index in [0.717, 1.165) is 0 Å². The Labute approximate surface area is 162 Å². The Balaban J connectivity index is 0. The molecule has 0 spiro atoms. The first kappa shape index (κ1) is 21.0. The predicted octanol–water partition coefficient (Wildman–Crippen LogP) is 4.20. The molecule has 0 nitrogen and oxygen atoms in total. The molecule has 0 heterocycles. The second-order valence-corrected chi connectivity index (χ2v) is 3.99. The quantitative estimate of drug-likeness (QED) is 0.594. The van der Waals surface area contributed by atoms with E-state index in [-0.39, 0.29) is 65.4 Å². The van der Waals surface area contributed by atoms with E-state index in [9.17, 15) is 0 Å². The zero-order valence-electron chi connectivity index (χ0n) is 11.6. The van der Waals surface area contributed by atoms with Gasteiger partial charge in [-0.2, -0.15) is 70.8 Å². The van der Waals surface area contributed by atoms with Crippen LogP contribution in [0.1, 0.15) is 22.3 Å². The summed E-state index contributed by atoms with van der Waals surface area (Å²) in [5.74, 6) is 0. The molecule has 0 aliphatic carbocycles. The van der Waals surface area contributed by atoms with E-state index >= 15 is 0 Å². The van der Waals surface area contributed by atoms with Crippen LogP contribution in [0.4, 0.5) is 0 Å². The molecule has 0 amide bonds. The van der Waals surface area contributed by atoms with Gasteiger partial charge in [-0.1, -0.05) is 27.7 Å². The third kappa shape index (κ3) is 8.70. The molecule has 2 heteroatoms. The van der Waals surface area contributed by atoms with Crippen LogP contribution < -0.4 is 0 Å². The summed E-state index contributed by atoms with van der Waals surface area (Å²) in [7, 11) is 0. The van der Waals surface area contributed by atoms with Gasteiger partial charge in [0.25, 0.3) is 0 Å². The molecule has 2 aromatic carbocycles. The average molecular weight is 388 g/mol. The summed E-state index contributed by atoms with van der Waals surface area (Å²) in [5.41, 5.74) is 4.98. The Morgan fingerprint density at radius 2 is 1.33 bits per heavy atom. The Morgan fingerprint density at radius 1 is 0.778 bits per heavy atom. The molecule has 2 aromatic rings. The molecule has 0 bridgehead atoms. The van der Waals surface area contributed by atoms with Crippen LogP contribution in [0.25, 0.3) is 0 Å². The Morgan fingerprint density at radius 3 is 1.61 bits per heavy atom. The molecule has 0 aromatic heterocycles. The maximum absolute atomic E-state index is 3.17. The number of rotatable bonds is 0. The second kappa shape index (κ2) is 11.5. The van der Waals surface area contributed by atoms with Crippen LogP contribution in [-0.2, 0) is 65.4 Å². The first-order valence-electron chi connectivity index (χ1n) is 5.49. The van der Waals surface area contributed by atoms with Crippen molar-refractivity contribution >= 4 is 0 Å². The summed E-state index contributed by atoms with van der Waals surface area (Å²) < 4.78 is 0. The molecule has 0 N–H and O–H groups in total. The summed E-state index contributed by atoms with van der Waals surface area (Å²) >= 11 is 0. The molecule has 2 radical (unpaired) electrons. The minimum atomic E-state index is 0. The van der Waals surface area contributed by atoms with E-state index in [1.807, 2.05) is 44.2 Å². The van der Waals surface area contributed by atoms with Gasteiger partial charge in [0.1, 0.15) is 0 Å². The fourth-order valence-corrected chi connectivity index (χ4v) is 1.34. The standard InChI is InChI=1S/2C8H9.2Y/c1-7-4-3-5-8(2)6-7;1-7-5-3-4-6-8(7)2;;/h2*3-5H,1-2H3;;/q2*-1;;. The fourth-order valence-electron chi connectivity index (χ4n) is 1.34. The van der Waals surface area contributed by atoms with E-state index in [2.05, 4.69) is 32.0 Å². The Kier molecular flexibility index (Phi) is 13.4. The smallest absolute Gasteiger partial charge is 0 e. The number of hydrogen-bond acceptors (Lipinski definition) is 0. The minimum absolute atomic E-state index is 0. The van der Waals surface area contributed by atoms with Gasteiger partial charge in [-0.3, -0.25) is 0 Å². The first-order valence-corrected chi connectivity index (χ1v) is 5.49. The van der Waals surface area contributed by atoms with Crippen LogP contribution in [0.5, 0.6) is 0 Å². The minimum Gasteiger partial charge on any atom is -0.180 e. The number of benzene rings is 2. The van der Waals surface area contributed by atoms with Crippen molar-refractivity contribution in [1.29, 1.82) is 0 Å². The zero-order valence-corrected chi connectivity index (χ0v) is 17.3. The van der Waals surface area contributed by atoms with Crippen LogP contribution in [0.2, 0.25) is 0 Å². The van der Waals surface area contributed by atoms with Gasteiger partial charge in [0.15, 0.2) is 0 Å².